The number of nitrogens with one attached hydrogen (secondary N) is 1. The van der Waals surface area contributed by atoms with Crippen molar-refractivity contribution in [3.05, 3.63) is 59.4 Å². The van der Waals surface area contributed by atoms with Gasteiger partial charge in [-0.05, 0) is 36.2 Å². The molecule has 0 spiro atoms. The number of carbonyl (C=O) groups excluding carboxylic acids is 1. The van der Waals surface area contributed by atoms with Crippen molar-refractivity contribution < 1.29 is 14.7 Å². The number of carboxylic acid groups (broad SMARTS) is 1. The average molecular weight is 272 g/mol. The molecule has 0 aliphatic carbocycles. The zero-order chi connectivity index (χ0) is 14.5. The molecule has 0 radical (unpaired) electrons. The smallest absolute Gasteiger partial charge is 0.335 e. The molecular weight excluding hydrogens is 256 g/mol. The van der Waals surface area contributed by atoms with Crippen LogP contribution in [0, 0.1) is 0 Å². The molecule has 2 aromatic rings. The summed E-state index contributed by atoms with van der Waals surface area (Å²) in [6.45, 7) is 0.465. The second kappa shape index (κ2) is 6.06. The lowest BCUT2D eigenvalue weighted by Gasteiger charge is -2.06. The van der Waals surface area contributed by atoms with Gasteiger partial charge in [0, 0.05) is 19.8 Å². The summed E-state index contributed by atoms with van der Waals surface area (Å²) in [6, 6.07) is 10.3. The van der Waals surface area contributed by atoms with Crippen LogP contribution in [0.2, 0.25) is 0 Å². The predicted octanol–water partition coefficient (Wildman–Crippen LogP) is 1.70. The molecule has 0 aliphatic heterocycles. The van der Waals surface area contributed by atoms with Gasteiger partial charge in [0.15, 0.2) is 0 Å². The fourth-order valence-corrected chi connectivity index (χ4v) is 1.97. The Morgan fingerprint density at radius 2 is 2.05 bits per heavy atom. The third-order valence-electron chi connectivity index (χ3n) is 3.05. The summed E-state index contributed by atoms with van der Waals surface area (Å²) in [5.41, 5.74) is 1.75. The molecule has 2 N–H and O–H groups in total. The van der Waals surface area contributed by atoms with Gasteiger partial charge in [-0.1, -0.05) is 12.1 Å². The Labute approximate surface area is 116 Å². The number of amides is 1. The molecule has 20 heavy (non-hydrogen) atoms. The number of carbonyl (C=O) groups is 2. The zero-order valence-corrected chi connectivity index (χ0v) is 11.2. The molecule has 5 heteroatoms. The molecule has 104 valence electrons. The van der Waals surface area contributed by atoms with E-state index in [0.717, 1.165) is 5.56 Å². The third kappa shape index (κ3) is 3.26. The lowest BCUT2D eigenvalue weighted by atomic mass is 10.1. The zero-order valence-electron chi connectivity index (χ0n) is 11.2. The van der Waals surface area contributed by atoms with Gasteiger partial charge in [0.05, 0.1) is 5.56 Å². The number of hydrogen-bond acceptors (Lipinski definition) is 2. The van der Waals surface area contributed by atoms with Crippen molar-refractivity contribution in [1.82, 2.24) is 9.88 Å². The van der Waals surface area contributed by atoms with Gasteiger partial charge < -0.3 is 15.0 Å². The second-order valence-electron chi connectivity index (χ2n) is 4.52. The summed E-state index contributed by atoms with van der Waals surface area (Å²) < 4.78 is 1.75. The minimum Gasteiger partial charge on any atom is -0.478 e. The summed E-state index contributed by atoms with van der Waals surface area (Å²) in [5.74, 6) is -1.08. The van der Waals surface area contributed by atoms with Gasteiger partial charge in [0.25, 0.3) is 5.91 Å². The molecule has 0 saturated carbocycles. The van der Waals surface area contributed by atoms with E-state index in [9.17, 15) is 9.59 Å². The fraction of sp³-hybridized carbons (Fsp3) is 0.200. The van der Waals surface area contributed by atoms with E-state index in [1.807, 2.05) is 25.4 Å². The molecule has 1 aromatic heterocycles. The van der Waals surface area contributed by atoms with Crippen molar-refractivity contribution in [2.24, 2.45) is 7.05 Å². The normalized spacial score (nSPS) is 10.2. The largest absolute Gasteiger partial charge is 0.478 e. The maximum Gasteiger partial charge on any atom is 0.335 e. The Morgan fingerprint density at radius 3 is 2.70 bits per heavy atom. The van der Waals surface area contributed by atoms with Crippen molar-refractivity contribution in [2.75, 3.05) is 6.54 Å². The van der Waals surface area contributed by atoms with Crippen LogP contribution in [0.15, 0.2) is 42.6 Å². The lowest BCUT2D eigenvalue weighted by molar-refractivity contribution is 0.0696. The predicted molar refractivity (Wildman–Crippen MR) is 74.9 cm³/mol. The molecule has 0 bridgehead atoms. The van der Waals surface area contributed by atoms with Crippen molar-refractivity contribution in [3.8, 4) is 0 Å². The minimum atomic E-state index is -0.945. The summed E-state index contributed by atoms with van der Waals surface area (Å²) >= 11 is 0. The first-order chi connectivity index (χ1) is 9.58. The highest BCUT2D eigenvalue weighted by Gasteiger charge is 2.08. The van der Waals surface area contributed by atoms with Crippen molar-refractivity contribution in [1.29, 1.82) is 0 Å². The lowest BCUT2D eigenvalue weighted by Crippen LogP contribution is -2.27. The van der Waals surface area contributed by atoms with Gasteiger partial charge in [0.2, 0.25) is 0 Å². The molecule has 0 fully saturated rings. The number of aryl methyl sites for hydroxylation is 1. The van der Waals surface area contributed by atoms with Crippen LogP contribution in [0.4, 0.5) is 0 Å². The number of benzene rings is 1. The average Bonchev–Trinajstić information content (AvgIpc) is 2.85. The van der Waals surface area contributed by atoms with E-state index >= 15 is 0 Å². The Bertz CT molecular complexity index is 632. The summed E-state index contributed by atoms with van der Waals surface area (Å²) in [4.78, 5) is 22.7. The molecule has 1 amide bonds. The number of carboxylic acids is 1. The molecule has 0 saturated heterocycles. The number of aromatic nitrogens is 1. The molecular formula is C15H16N2O3. The minimum absolute atomic E-state index is 0.133. The van der Waals surface area contributed by atoms with Crippen LogP contribution in [-0.4, -0.2) is 28.1 Å². The van der Waals surface area contributed by atoms with Crippen molar-refractivity contribution in [2.45, 2.75) is 6.42 Å². The molecule has 0 unspecified atom stereocenters. The van der Waals surface area contributed by atoms with E-state index in [0.29, 0.717) is 18.7 Å². The Kier molecular flexibility index (Phi) is 4.20. The number of nitrogens with zero attached hydrogens (tertiary/aromatic N) is 1. The Morgan fingerprint density at radius 1 is 1.25 bits per heavy atom. The van der Waals surface area contributed by atoms with Crippen LogP contribution in [0.3, 0.4) is 0 Å². The molecule has 2 rings (SSSR count). The topological polar surface area (TPSA) is 71.3 Å². The van der Waals surface area contributed by atoms with Gasteiger partial charge in [-0.15, -0.1) is 0 Å². The third-order valence-corrected chi connectivity index (χ3v) is 3.05. The molecule has 5 nitrogen and oxygen atoms in total. The number of rotatable bonds is 5. The first-order valence-corrected chi connectivity index (χ1v) is 6.29. The SMILES string of the molecule is Cn1cccc1C(=O)NCCc1cccc(C(=O)O)c1. The number of aromatic carboxylic acids is 1. The van der Waals surface area contributed by atoms with E-state index in [1.54, 1.807) is 28.8 Å². The second-order valence-corrected chi connectivity index (χ2v) is 4.52. The first kappa shape index (κ1) is 13.9. The maximum atomic E-state index is 11.9. The molecule has 0 aliphatic rings. The maximum absolute atomic E-state index is 11.9. The van der Waals surface area contributed by atoms with Crippen LogP contribution in [0.5, 0.6) is 0 Å². The van der Waals surface area contributed by atoms with Gasteiger partial charge >= 0.3 is 5.97 Å². The fourth-order valence-electron chi connectivity index (χ4n) is 1.97. The Balaban J connectivity index is 1.90. The Hall–Kier alpha value is -2.56. The van der Waals surface area contributed by atoms with E-state index in [2.05, 4.69) is 5.32 Å². The van der Waals surface area contributed by atoms with E-state index < -0.39 is 5.97 Å². The standard InChI is InChI=1S/C15H16N2O3/c1-17-9-3-6-13(17)14(18)16-8-7-11-4-2-5-12(10-11)15(19)20/h2-6,9-10H,7-8H2,1H3,(H,16,18)(H,19,20). The van der Waals surface area contributed by atoms with E-state index in [-0.39, 0.29) is 11.5 Å². The quantitative estimate of drug-likeness (QED) is 0.870. The van der Waals surface area contributed by atoms with Gasteiger partial charge in [-0.2, -0.15) is 0 Å². The van der Waals surface area contributed by atoms with Gasteiger partial charge in [-0.25, -0.2) is 4.79 Å². The highest BCUT2D eigenvalue weighted by atomic mass is 16.4. The summed E-state index contributed by atoms with van der Waals surface area (Å²) in [5, 5.41) is 11.7. The van der Waals surface area contributed by atoms with Crippen LogP contribution in [-0.2, 0) is 13.5 Å². The monoisotopic (exact) mass is 272 g/mol. The highest BCUT2D eigenvalue weighted by Crippen LogP contribution is 2.06. The van der Waals surface area contributed by atoms with E-state index in [4.69, 9.17) is 5.11 Å². The van der Waals surface area contributed by atoms with Crippen LogP contribution in [0.1, 0.15) is 26.4 Å². The van der Waals surface area contributed by atoms with Crippen molar-refractivity contribution >= 4 is 11.9 Å². The summed E-state index contributed by atoms with van der Waals surface area (Å²) in [7, 11) is 1.81. The van der Waals surface area contributed by atoms with Crippen LogP contribution >= 0.6 is 0 Å². The van der Waals surface area contributed by atoms with Gasteiger partial charge in [0.1, 0.15) is 5.69 Å². The number of hydrogen-bond donors (Lipinski definition) is 2. The van der Waals surface area contributed by atoms with Crippen LogP contribution in [0.25, 0.3) is 0 Å². The summed E-state index contributed by atoms with van der Waals surface area (Å²) in [6.07, 6.45) is 2.41. The van der Waals surface area contributed by atoms with Crippen molar-refractivity contribution in [3.63, 3.8) is 0 Å². The van der Waals surface area contributed by atoms with E-state index in [1.165, 1.54) is 0 Å². The van der Waals surface area contributed by atoms with Gasteiger partial charge in [-0.3, -0.25) is 4.79 Å². The molecule has 1 aromatic carbocycles. The molecule has 0 atom stereocenters. The highest BCUT2D eigenvalue weighted by molar-refractivity contribution is 5.92. The molecule has 1 heterocycles. The first-order valence-electron chi connectivity index (χ1n) is 6.29. The van der Waals surface area contributed by atoms with Crippen LogP contribution < -0.4 is 5.32 Å².